The van der Waals surface area contributed by atoms with Crippen LogP contribution in [0.3, 0.4) is 0 Å². The van der Waals surface area contributed by atoms with Gasteiger partial charge in [-0.15, -0.1) is 0 Å². The number of hydrogen-bond acceptors (Lipinski definition) is 3. The molecule has 1 saturated heterocycles. The minimum absolute atomic E-state index is 0.176. The number of hydrogen-bond donors (Lipinski definition) is 1. The van der Waals surface area contributed by atoms with E-state index in [1.54, 1.807) is 0 Å². The van der Waals surface area contributed by atoms with Crippen molar-refractivity contribution in [3.05, 3.63) is 65.2 Å². The van der Waals surface area contributed by atoms with E-state index < -0.39 is 0 Å². The predicted octanol–water partition coefficient (Wildman–Crippen LogP) is 5.95. The monoisotopic (exact) mass is 389 g/mol. The molecule has 1 N–H and O–H groups in total. The Balaban J connectivity index is 1.40. The molecule has 29 heavy (non-hydrogen) atoms. The Labute approximate surface area is 173 Å². The van der Waals surface area contributed by atoms with E-state index in [1.807, 2.05) is 30.3 Å². The molecule has 3 heteroatoms. The van der Waals surface area contributed by atoms with E-state index in [4.69, 9.17) is 4.74 Å². The van der Waals surface area contributed by atoms with Crippen molar-refractivity contribution in [2.75, 3.05) is 11.9 Å². The maximum Gasteiger partial charge on any atom is 0.167 e. The molecule has 2 aromatic rings. The molecule has 0 amide bonds. The molecule has 3 nitrogen and oxygen atoms in total. The molecule has 1 saturated carbocycles. The van der Waals surface area contributed by atoms with E-state index >= 15 is 0 Å². The smallest absolute Gasteiger partial charge is 0.167 e. The third kappa shape index (κ3) is 3.85. The van der Waals surface area contributed by atoms with E-state index in [2.05, 4.69) is 23.5 Å². The van der Waals surface area contributed by atoms with Crippen LogP contribution in [0.25, 0.3) is 0 Å². The van der Waals surface area contributed by atoms with Crippen LogP contribution >= 0.6 is 0 Å². The average Bonchev–Trinajstić information content (AvgIpc) is 2.80. The number of nitrogens with one attached hydrogen (secondary N) is 1. The van der Waals surface area contributed by atoms with Crippen molar-refractivity contribution in [2.24, 2.45) is 11.8 Å². The average molecular weight is 390 g/mol. The number of Topliss-reactive ketones (excluding diaryl/α,β-unsaturated/α-hetero) is 1. The zero-order valence-corrected chi connectivity index (χ0v) is 17.1. The van der Waals surface area contributed by atoms with Crippen LogP contribution in [0, 0.1) is 11.8 Å². The predicted molar refractivity (Wildman–Crippen MR) is 116 cm³/mol. The van der Waals surface area contributed by atoms with Crippen LogP contribution in [-0.2, 0) is 11.2 Å². The van der Waals surface area contributed by atoms with Gasteiger partial charge in [0.1, 0.15) is 0 Å². The van der Waals surface area contributed by atoms with Gasteiger partial charge in [-0.2, -0.15) is 0 Å². The second-order valence-corrected chi connectivity index (χ2v) is 9.05. The highest BCUT2D eigenvalue weighted by Crippen LogP contribution is 2.47. The first kappa shape index (κ1) is 18.9. The van der Waals surface area contributed by atoms with Gasteiger partial charge in [-0.05, 0) is 43.2 Å². The molecule has 0 spiro atoms. The summed E-state index contributed by atoms with van der Waals surface area (Å²) >= 11 is 0. The molecule has 0 bridgehead atoms. The SMILES string of the molecule is O=C(Cc1ccc2c(c1)[C@H]1OCCC[C@H]1[C@@H](C1CCCCC1)N2)c1ccccc1. The number of ether oxygens (including phenoxy) is 1. The summed E-state index contributed by atoms with van der Waals surface area (Å²) in [6.07, 6.45) is 9.85. The first-order valence-corrected chi connectivity index (χ1v) is 11.4. The summed E-state index contributed by atoms with van der Waals surface area (Å²) in [5.41, 5.74) is 4.36. The summed E-state index contributed by atoms with van der Waals surface area (Å²) in [6, 6.07) is 16.7. The van der Waals surface area contributed by atoms with E-state index in [1.165, 1.54) is 49.8 Å². The van der Waals surface area contributed by atoms with Gasteiger partial charge in [-0.25, -0.2) is 0 Å². The van der Waals surface area contributed by atoms with Crippen molar-refractivity contribution in [3.8, 4) is 0 Å². The van der Waals surface area contributed by atoms with Crippen LogP contribution in [0.2, 0.25) is 0 Å². The van der Waals surface area contributed by atoms with Gasteiger partial charge in [-0.3, -0.25) is 4.79 Å². The Morgan fingerprint density at radius 1 is 0.966 bits per heavy atom. The molecule has 152 valence electrons. The van der Waals surface area contributed by atoms with Gasteiger partial charge < -0.3 is 10.1 Å². The van der Waals surface area contributed by atoms with Gasteiger partial charge in [0.15, 0.2) is 5.78 Å². The normalized spacial score (nSPS) is 26.8. The third-order valence-corrected chi connectivity index (χ3v) is 7.19. The Morgan fingerprint density at radius 3 is 2.62 bits per heavy atom. The van der Waals surface area contributed by atoms with Crippen molar-refractivity contribution < 1.29 is 9.53 Å². The number of rotatable bonds is 4. The molecule has 3 aliphatic rings. The van der Waals surface area contributed by atoms with Gasteiger partial charge in [0.2, 0.25) is 0 Å². The molecule has 5 rings (SSSR count). The first-order valence-electron chi connectivity index (χ1n) is 11.4. The highest BCUT2D eigenvalue weighted by Gasteiger charge is 2.42. The van der Waals surface area contributed by atoms with Gasteiger partial charge in [0.25, 0.3) is 0 Å². The van der Waals surface area contributed by atoms with E-state index in [9.17, 15) is 4.79 Å². The largest absolute Gasteiger partial charge is 0.381 e. The lowest BCUT2D eigenvalue weighted by atomic mass is 9.71. The fourth-order valence-electron chi connectivity index (χ4n) is 5.74. The second kappa shape index (κ2) is 8.31. The number of benzene rings is 2. The van der Waals surface area contributed by atoms with Crippen molar-refractivity contribution in [1.82, 2.24) is 0 Å². The van der Waals surface area contributed by atoms with Crippen LogP contribution in [0.1, 0.15) is 72.5 Å². The maximum atomic E-state index is 12.7. The van der Waals surface area contributed by atoms with Gasteiger partial charge in [0, 0.05) is 41.8 Å². The summed E-state index contributed by atoms with van der Waals surface area (Å²) < 4.78 is 6.35. The number of ketones is 1. The van der Waals surface area contributed by atoms with Crippen LogP contribution in [-0.4, -0.2) is 18.4 Å². The maximum absolute atomic E-state index is 12.7. The molecule has 1 aliphatic carbocycles. The standard InChI is InChI=1S/C26H31NO2/c28-24(19-8-3-1-4-9-19)17-18-13-14-23-22(16-18)26-21(12-7-15-29-26)25(27-23)20-10-5-2-6-11-20/h1,3-4,8-9,13-14,16,20-21,25-27H,2,5-7,10-12,15,17H2/t21-,25+,26-/m0/s1. The summed E-state index contributed by atoms with van der Waals surface area (Å²) in [5.74, 6) is 1.50. The van der Waals surface area contributed by atoms with Crippen LogP contribution in [0.5, 0.6) is 0 Å². The highest BCUT2D eigenvalue weighted by atomic mass is 16.5. The summed E-state index contributed by atoms with van der Waals surface area (Å²) in [7, 11) is 0. The molecule has 2 aromatic carbocycles. The molecule has 0 aromatic heterocycles. The minimum Gasteiger partial charge on any atom is -0.381 e. The van der Waals surface area contributed by atoms with Crippen molar-refractivity contribution in [2.45, 2.75) is 63.5 Å². The molecular formula is C26H31NO2. The fourth-order valence-corrected chi connectivity index (χ4v) is 5.74. The van der Waals surface area contributed by atoms with Crippen LogP contribution in [0.4, 0.5) is 5.69 Å². The van der Waals surface area contributed by atoms with E-state index in [0.717, 1.165) is 30.1 Å². The zero-order chi connectivity index (χ0) is 19.6. The van der Waals surface area contributed by atoms with E-state index in [0.29, 0.717) is 18.4 Å². The molecule has 2 fully saturated rings. The summed E-state index contributed by atoms with van der Waals surface area (Å²) in [5, 5.41) is 3.91. The first-order chi connectivity index (χ1) is 14.3. The van der Waals surface area contributed by atoms with E-state index in [-0.39, 0.29) is 11.9 Å². The van der Waals surface area contributed by atoms with Crippen LogP contribution < -0.4 is 5.32 Å². The van der Waals surface area contributed by atoms with Gasteiger partial charge in [-0.1, -0.05) is 61.7 Å². The van der Waals surface area contributed by atoms with Gasteiger partial charge in [0.05, 0.1) is 6.10 Å². The van der Waals surface area contributed by atoms with Crippen molar-refractivity contribution in [3.63, 3.8) is 0 Å². The minimum atomic E-state index is 0.176. The zero-order valence-electron chi connectivity index (χ0n) is 17.1. The lowest BCUT2D eigenvalue weighted by Crippen LogP contribution is -2.46. The molecular weight excluding hydrogens is 358 g/mol. The molecule has 3 atom stereocenters. The van der Waals surface area contributed by atoms with Crippen LogP contribution in [0.15, 0.2) is 48.5 Å². The lowest BCUT2D eigenvalue weighted by Gasteiger charge is -2.47. The number of carbonyl (C=O) groups excluding carboxylic acids is 1. The molecule has 0 radical (unpaired) electrons. The Kier molecular flexibility index (Phi) is 5.41. The quantitative estimate of drug-likeness (QED) is 0.656. The Bertz CT molecular complexity index is 856. The Hall–Kier alpha value is -2.13. The topological polar surface area (TPSA) is 38.3 Å². The fraction of sp³-hybridized carbons (Fsp3) is 0.500. The molecule has 2 aliphatic heterocycles. The third-order valence-electron chi connectivity index (χ3n) is 7.19. The number of carbonyl (C=O) groups is 1. The molecule has 2 heterocycles. The number of anilines is 1. The Morgan fingerprint density at radius 2 is 1.79 bits per heavy atom. The lowest BCUT2D eigenvalue weighted by molar-refractivity contribution is -0.0458. The summed E-state index contributed by atoms with van der Waals surface area (Å²) in [6.45, 7) is 0.852. The molecule has 0 unspecified atom stereocenters. The number of fused-ring (bicyclic) bond motifs is 3. The summed E-state index contributed by atoms with van der Waals surface area (Å²) in [4.78, 5) is 12.7. The van der Waals surface area contributed by atoms with Gasteiger partial charge >= 0.3 is 0 Å². The van der Waals surface area contributed by atoms with Crippen molar-refractivity contribution in [1.29, 1.82) is 0 Å². The van der Waals surface area contributed by atoms with Crippen molar-refractivity contribution >= 4 is 11.5 Å². The highest BCUT2D eigenvalue weighted by molar-refractivity contribution is 5.97. The second-order valence-electron chi connectivity index (χ2n) is 9.05.